The first kappa shape index (κ1) is 40.1. The molecule has 8 aromatic carbocycles. The van der Waals surface area contributed by atoms with E-state index in [1.54, 1.807) is 0 Å². The summed E-state index contributed by atoms with van der Waals surface area (Å²) in [7, 11) is 0. The second-order valence-electron chi connectivity index (χ2n) is 21.9. The van der Waals surface area contributed by atoms with Gasteiger partial charge in [-0.3, -0.25) is 0 Å². The van der Waals surface area contributed by atoms with Gasteiger partial charge >= 0.3 is 6.85 Å². The Kier molecular flexibility index (Phi) is 8.13. The van der Waals surface area contributed by atoms with Crippen LogP contribution in [0.3, 0.4) is 0 Å². The summed E-state index contributed by atoms with van der Waals surface area (Å²) in [6.07, 6.45) is 2.28. The fraction of sp³-hybridized carbons (Fsp3) is 0.194. The van der Waals surface area contributed by atoms with Crippen molar-refractivity contribution >= 4 is 111 Å². The standard InChI is InChI=1S/C62H51BN2O2S/c1-60(2,3)38-22-24-39(25-23-38)65-50-35-54-44(42-18-12-14-20-53(42)68-54)33-43(50)45-34-46-41-17-11-13-19-51(41)66-58(46)57-55(45)63(65)59-56(47-31-37(21-28-52(47)67-59)36-15-9-8-10-16-36)64(57)40-26-27-48-49(32-40)62(6,7)30-29-61(48,4)5/h8-28,31-35H,29-30H2,1-7H3. The smallest absolute Gasteiger partial charge is 0.376 e. The van der Waals surface area contributed by atoms with E-state index in [4.69, 9.17) is 8.83 Å². The van der Waals surface area contributed by atoms with Crippen LogP contribution in [-0.2, 0) is 16.2 Å². The molecular weight excluding hydrogens is 848 g/mol. The number of rotatable bonds is 3. The molecule has 3 aliphatic rings. The minimum Gasteiger partial charge on any atom is -0.466 e. The summed E-state index contributed by atoms with van der Waals surface area (Å²) in [6.45, 7) is 16.2. The van der Waals surface area contributed by atoms with Crippen LogP contribution in [0.5, 0.6) is 0 Å². The summed E-state index contributed by atoms with van der Waals surface area (Å²) >= 11 is 1.87. The summed E-state index contributed by atoms with van der Waals surface area (Å²) in [5.74, 6) is 0. The highest BCUT2D eigenvalue weighted by Crippen LogP contribution is 2.55. The van der Waals surface area contributed by atoms with Gasteiger partial charge in [-0.1, -0.05) is 139 Å². The predicted octanol–water partition coefficient (Wildman–Crippen LogP) is 16.7. The molecule has 0 spiro atoms. The quantitative estimate of drug-likeness (QED) is 0.165. The van der Waals surface area contributed by atoms with Gasteiger partial charge in [-0.25, -0.2) is 0 Å². The molecule has 6 heteroatoms. The van der Waals surface area contributed by atoms with Gasteiger partial charge in [0, 0.05) is 59.0 Å². The van der Waals surface area contributed by atoms with E-state index in [0.717, 1.165) is 79.7 Å². The Hall–Kier alpha value is -7.02. The van der Waals surface area contributed by atoms with Gasteiger partial charge in [0.25, 0.3) is 0 Å². The van der Waals surface area contributed by atoms with Gasteiger partial charge in [0.05, 0.1) is 11.4 Å². The SMILES string of the molecule is CC(C)(C)c1ccc(N2B3c4oc5ccc(-c6ccccc6)cc5c4N(c4ccc5c(c4)C(C)(C)CCC5(C)C)c4c3c(cc3c4oc4ccccc43)-c3cc4c(cc32)sc2ccccc24)cc1. The van der Waals surface area contributed by atoms with Crippen LogP contribution in [0.4, 0.5) is 28.4 Å². The van der Waals surface area contributed by atoms with Crippen molar-refractivity contribution in [3.63, 3.8) is 0 Å². The van der Waals surface area contributed by atoms with Crippen LogP contribution < -0.4 is 20.8 Å². The van der Waals surface area contributed by atoms with Crippen LogP contribution in [-0.4, -0.2) is 6.85 Å². The van der Waals surface area contributed by atoms with E-state index in [9.17, 15) is 0 Å². The van der Waals surface area contributed by atoms with Crippen LogP contribution in [0.2, 0.25) is 0 Å². The maximum absolute atomic E-state index is 7.51. The second-order valence-corrected chi connectivity index (χ2v) is 23.0. The Morgan fingerprint density at radius 3 is 2.01 bits per heavy atom. The summed E-state index contributed by atoms with van der Waals surface area (Å²) < 4.78 is 17.3. The van der Waals surface area contributed by atoms with Crippen molar-refractivity contribution in [2.75, 3.05) is 9.71 Å². The van der Waals surface area contributed by atoms with E-state index in [-0.39, 0.29) is 23.1 Å². The molecule has 330 valence electrons. The van der Waals surface area contributed by atoms with Gasteiger partial charge in [-0.05, 0) is 135 Å². The van der Waals surface area contributed by atoms with Gasteiger partial charge < -0.3 is 18.5 Å². The highest BCUT2D eigenvalue weighted by Gasteiger charge is 2.50. The zero-order valence-corrected chi connectivity index (χ0v) is 40.4. The van der Waals surface area contributed by atoms with Crippen molar-refractivity contribution in [3.8, 4) is 22.3 Å². The van der Waals surface area contributed by atoms with Crippen LogP contribution >= 0.6 is 11.3 Å². The van der Waals surface area contributed by atoms with Crippen molar-refractivity contribution in [2.24, 2.45) is 0 Å². The highest BCUT2D eigenvalue weighted by molar-refractivity contribution is 7.25. The number of furan rings is 2. The maximum atomic E-state index is 7.51. The first-order chi connectivity index (χ1) is 32.8. The molecule has 0 atom stereocenters. The first-order valence-corrected chi connectivity index (χ1v) is 25.0. The van der Waals surface area contributed by atoms with Crippen molar-refractivity contribution in [3.05, 3.63) is 174 Å². The molecule has 0 saturated carbocycles. The Morgan fingerprint density at radius 2 is 1.22 bits per heavy atom. The molecular formula is C62H51BN2O2S. The normalized spacial score (nSPS) is 15.9. The predicted molar refractivity (Wildman–Crippen MR) is 290 cm³/mol. The number of nitrogens with zero attached hydrogens (tertiary/aromatic N) is 2. The van der Waals surface area contributed by atoms with Gasteiger partial charge in [0.1, 0.15) is 16.8 Å². The lowest BCUT2D eigenvalue weighted by atomic mass is 9.45. The van der Waals surface area contributed by atoms with E-state index in [1.807, 2.05) is 11.3 Å². The molecule has 0 saturated heterocycles. The van der Waals surface area contributed by atoms with Crippen LogP contribution in [0.1, 0.15) is 78.0 Å². The van der Waals surface area contributed by atoms with Crippen LogP contribution in [0.15, 0.2) is 167 Å². The summed E-state index contributed by atoms with van der Waals surface area (Å²) in [5.41, 5.74) is 19.2. The molecule has 0 N–H and O–H groups in total. The van der Waals surface area contributed by atoms with E-state index in [2.05, 4.69) is 216 Å². The molecule has 3 aromatic heterocycles. The van der Waals surface area contributed by atoms with E-state index >= 15 is 0 Å². The second kappa shape index (κ2) is 13.8. The maximum Gasteiger partial charge on any atom is 0.376 e. The molecule has 68 heavy (non-hydrogen) atoms. The fourth-order valence-electron chi connectivity index (χ4n) is 12.1. The van der Waals surface area contributed by atoms with Crippen LogP contribution in [0, 0.1) is 0 Å². The third kappa shape index (κ3) is 5.61. The Balaban J connectivity index is 1.16. The topological polar surface area (TPSA) is 32.8 Å². The highest BCUT2D eigenvalue weighted by atomic mass is 32.1. The number of thiophene rings is 1. The van der Waals surface area contributed by atoms with E-state index in [0.29, 0.717) is 0 Å². The van der Waals surface area contributed by atoms with Crippen molar-refractivity contribution in [2.45, 2.75) is 77.6 Å². The Bertz CT molecular complexity index is 3920. The first-order valence-electron chi connectivity index (χ1n) is 24.2. The molecule has 0 amide bonds. The molecule has 11 aromatic rings. The van der Waals surface area contributed by atoms with Crippen molar-refractivity contribution in [1.82, 2.24) is 0 Å². The number of anilines is 5. The fourth-order valence-corrected chi connectivity index (χ4v) is 13.2. The number of hydrogen-bond acceptors (Lipinski definition) is 5. The molecule has 5 heterocycles. The minimum absolute atomic E-state index is 0.000599. The van der Waals surface area contributed by atoms with E-state index in [1.165, 1.54) is 64.7 Å². The third-order valence-electron chi connectivity index (χ3n) is 15.9. The molecule has 0 bridgehead atoms. The Labute approximate surface area is 401 Å². The number of para-hydroxylation sites is 1. The third-order valence-corrected chi connectivity index (χ3v) is 17.0. The van der Waals surface area contributed by atoms with Crippen molar-refractivity contribution in [1.29, 1.82) is 0 Å². The minimum atomic E-state index is -0.329. The monoisotopic (exact) mass is 898 g/mol. The average Bonchev–Trinajstić information content (AvgIpc) is 4.03. The van der Waals surface area contributed by atoms with Crippen molar-refractivity contribution < 1.29 is 8.83 Å². The molecule has 14 rings (SSSR count). The molecule has 1 aliphatic carbocycles. The summed E-state index contributed by atoms with van der Waals surface area (Å²) in [4.78, 5) is 5.12. The molecule has 4 nitrogen and oxygen atoms in total. The van der Waals surface area contributed by atoms with Gasteiger partial charge in [0.2, 0.25) is 0 Å². The van der Waals surface area contributed by atoms with Gasteiger partial charge in [0.15, 0.2) is 5.58 Å². The molecule has 0 radical (unpaired) electrons. The van der Waals surface area contributed by atoms with Gasteiger partial charge in [-0.15, -0.1) is 11.3 Å². The Morgan fingerprint density at radius 1 is 0.529 bits per heavy atom. The molecule has 2 aliphatic heterocycles. The lowest BCUT2D eigenvalue weighted by Crippen LogP contribution is -2.61. The molecule has 0 fully saturated rings. The number of hydrogen-bond donors (Lipinski definition) is 0. The zero-order chi connectivity index (χ0) is 46.0. The number of benzene rings is 8. The lowest BCUT2D eigenvalue weighted by Gasteiger charge is -2.45. The zero-order valence-electron chi connectivity index (χ0n) is 39.6. The summed E-state index contributed by atoms with van der Waals surface area (Å²) in [6, 6.07) is 58.9. The number of fused-ring (bicyclic) bond motifs is 14. The summed E-state index contributed by atoms with van der Waals surface area (Å²) in [5, 5.41) is 5.87. The lowest BCUT2D eigenvalue weighted by molar-refractivity contribution is 0.332. The average molecular weight is 899 g/mol. The molecule has 0 unspecified atom stereocenters. The van der Waals surface area contributed by atoms with Crippen LogP contribution in [0.25, 0.3) is 75.3 Å². The van der Waals surface area contributed by atoms with E-state index < -0.39 is 0 Å². The van der Waals surface area contributed by atoms with Gasteiger partial charge in [-0.2, -0.15) is 0 Å². The largest absolute Gasteiger partial charge is 0.466 e.